The van der Waals surface area contributed by atoms with Crippen LogP contribution in [0.2, 0.25) is 0 Å². The SMILES string of the molecule is Cc1ccc(-n2nc(C(C)(C)C)cc2NC(=O)Nc2cccc(CC3CCN(C(=O)c4ccoc4C)CC3)c2)cc1. The topological polar surface area (TPSA) is 92.4 Å². The van der Waals surface area contributed by atoms with Crippen LogP contribution in [0, 0.1) is 19.8 Å². The van der Waals surface area contributed by atoms with E-state index in [1.165, 1.54) is 0 Å². The van der Waals surface area contributed by atoms with Crippen LogP contribution < -0.4 is 10.6 Å². The number of rotatable bonds is 6. The van der Waals surface area contributed by atoms with Gasteiger partial charge in [0, 0.05) is 30.3 Å². The number of nitrogens with one attached hydrogen (secondary N) is 2. The lowest BCUT2D eigenvalue weighted by molar-refractivity contribution is 0.0689. The van der Waals surface area contributed by atoms with Crippen LogP contribution in [0.15, 0.2) is 71.3 Å². The number of carbonyl (C=O) groups excluding carboxylic acids is 2. The van der Waals surface area contributed by atoms with Crippen molar-refractivity contribution in [2.24, 2.45) is 5.92 Å². The molecule has 0 bridgehead atoms. The number of likely N-dealkylation sites (tertiary alicyclic amines) is 1. The van der Waals surface area contributed by atoms with Crippen LogP contribution in [0.5, 0.6) is 0 Å². The molecule has 2 aromatic heterocycles. The molecule has 0 radical (unpaired) electrons. The minimum absolute atomic E-state index is 0.0465. The fraction of sp³-hybridized carbons (Fsp3) is 0.364. The van der Waals surface area contributed by atoms with Crippen molar-refractivity contribution in [1.82, 2.24) is 14.7 Å². The molecular formula is C33H39N5O3. The van der Waals surface area contributed by atoms with Crippen molar-refractivity contribution in [3.63, 3.8) is 0 Å². The van der Waals surface area contributed by atoms with Gasteiger partial charge >= 0.3 is 6.03 Å². The molecule has 0 atom stereocenters. The number of amides is 3. The van der Waals surface area contributed by atoms with Gasteiger partial charge in [-0.2, -0.15) is 5.10 Å². The summed E-state index contributed by atoms with van der Waals surface area (Å²) >= 11 is 0. The Morgan fingerprint density at radius 1 is 0.976 bits per heavy atom. The molecule has 8 nitrogen and oxygen atoms in total. The van der Waals surface area contributed by atoms with E-state index in [1.54, 1.807) is 17.0 Å². The minimum atomic E-state index is -0.322. The summed E-state index contributed by atoms with van der Waals surface area (Å²) in [4.78, 5) is 27.8. The minimum Gasteiger partial charge on any atom is -0.469 e. The van der Waals surface area contributed by atoms with Crippen molar-refractivity contribution in [1.29, 1.82) is 0 Å². The highest BCUT2D eigenvalue weighted by molar-refractivity contribution is 5.99. The number of aryl methyl sites for hydroxylation is 2. The van der Waals surface area contributed by atoms with Gasteiger partial charge in [-0.25, -0.2) is 9.48 Å². The van der Waals surface area contributed by atoms with Crippen LogP contribution in [0.1, 0.15) is 66.6 Å². The zero-order chi connectivity index (χ0) is 29.1. The summed E-state index contributed by atoms with van der Waals surface area (Å²) in [6.45, 7) is 11.6. The number of urea groups is 1. The van der Waals surface area contributed by atoms with E-state index in [-0.39, 0.29) is 17.4 Å². The first-order chi connectivity index (χ1) is 19.6. The first-order valence-corrected chi connectivity index (χ1v) is 14.2. The van der Waals surface area contributed by atoms with Crippen molar-refractivity contribution in [2.75, 3.05) is 23.7 Å². The lowest BCUT2D eigenvalue weighted by Crippen LogP contribution is -2.39. The third-order valence-corrected chi connectivity index (χ3v) is 7.70. The number of hydrogen-bond acceptors (Lipinski definition) is 4. The van der Waals surface area contributed by atoms with Crippen molar-refractivity contribution in [2.45, 2.75) is 59.3 Å². The number of benzene rings is 2. The summed E-state index contributed by atoms with van der Waals surface area (Å²) in [5, 5.41) is 10.8. The highest BCUT2D eigenvalue weighted by atomic mass is 16.3. The van der Waals surface area contributed by atoms with Crippen molar-refractivity contribution in [3.05, 3.63) is 95.1 Å². The van der Waals surface area contributed by atoms with Gasteiger partial charge in [-0.3, -0.25) is 10.1 Å². The summed E-state index contributed by atoms with van der Waals surface area (Å²) in [7, 11) is 0. The third kappa shape index (κ3) is 6.70. The molecule has 1 fully saturated rings. The Balaban J connectivity index is 1.21. The molecule has 41 heavy (non-hydrogen) atoms. The second kappa shape index (κ2) is 11.6. The van der Waals surface area contributed by atoms with Crippen LogP contribution >= 0.6 is 0 Å². The van der Waals surface area contributed by atoms with Crippen LogP contribution in [-0.2, 0) is 11.8 Å². The lowest BCUT2D eigenvalue weighted by Gasteiger charge is -2.32. The molecule has 1 saturated heterocycles. The second-order valence-electron chi connectivity index (χ2n) is 12.0. The van der Waals surface area contributed by atoms with Gasteiger partial charge in [0.05, 0.1) is 23.2 Å². The van der Waals surface area contributed by atoms with Crippen molar-refractivity contribution in [3.8, 4) is 5.69 Å². The maximum absolute atomic E-state index is 13.1. The second-order valence-corrected chi connectivity index (χ2v) is 12.0. The molecule has 0 unspecified atom stereocenters. The number of aromatic nitrogens is 2. The third-order valence-electron chi connectivity index (χ3n) is 7.70. The van der Waals surface area contributed by atoms with Gasteiger partial charge < -0.3 is 14.6 Å². The lowest BCUT2D eigenvalue weighted by atomic mass is 9.90. The first kappa shape index (κ1) is 28.2. The summed E-state index contributed by atoms with van der Waals surface area (Å²) < 4.78 is 7.09. The fourth-order valence-corrected chi connectivity index (χ4v) is 5.22. The normalized spacial score (nSPS) is 14.2. The highest BCUT2D eigenvalue weighted by Gasteiger charge is 2.26. The molecule has 3 heterocycles. The monoisotopic (exact) mass is 553 g/mol. The summed E-state index contributed by atoms with van der Waals surface area (Å²) in [5.74, 6) is 1.80. The largest absolute Gasteiger partial charge is 0.469 e. The van der Waals surface area contributed by atoms with Crippen molar-refractivity contribution >= 4 is 23.4 Å². The van der Waals surface area contributed by atoms with Gasteiger partial charge in [-0.1, -0.05) is 50.6 Å². The highest BCUT2D eigenvalue weighted by Crippen LogP contribution is 2.28. The zero-order valence-electron chi connectivity index (χ0n) is 24.5. The quantitative estimate of drug-likeness (QED) is 0.266. The van der Waals surface area contributed by atoms with Crippen LogP contribution in [0.4, 0.5) is 16.3 Å². The van der Waals surface area contributed by atoms with E-state index in [9.17, 15) is 9.59 Å². The average Bonchev–Trinajstić information content (AvgIpc) is 3.56. The predicted octanol–water partition coefficient (Wildman–Crippen LogP) is 7.12. The predicted molar refractivity (Wildman–Crippen MR) is 162 cm³/mol. The van der Waals surface area contributed by atoms with Gasteiger partial charge in [-0.05, 0) is 74.9 Å². The number of anilines is 2. The maximum atomic E-state index is 13.1. The molecular weight excluding hydrogens is 514 g/mol. The Morgan fingerprint density at radius 2 is 1.71 bits per heavy atom. The van der Waals surface area contributed by atoms with Crippen LogP contribution in [0.25, 0.3) is 5.69 Å². The number of piperidine rings is 1. The molecule has 0 spiro atoms. The number of carbonyl (C=O) groups is 2. The molecule has 2 aromatic carbocycles. The molecule has 0 saturated carbocycles. The number of nitrogens with zero attached hydrogens (tertiary/aromatic N) is 3. The molecule has 1 aliphatic rings. The summed E-state index contributed by atoms with van der Waals surface area (Å²) in [6.07, 6.45) is 4.36. The summed E-state index contributed by atoms with van der Waals surface area (Å²) in [6, 6.07) is 19.4. The molecule has 3 amide bonds. The smallest absolute Gasteiger partial charge is 0.324 e. The van der Waals surface area contributed by atoms with E-state index in [4.69, 9.17) is 9.52 Å². The Kier molecular flexibility index (Phi) is 8.01. The fourth-order valence-electron chi connectivity index (χ4n) is 5.22. The van der Waals surface area contributed by atoms with Gasteiger partial charge in [0.1, 0.15) is 11.6 Å². The standard InChI is InChI=1S/C33H39N5O3/c1-22-9-11-27(12-10-22)38-30(21-29(36-38)33(3,4)5)35-32(40)34-26-8-6-7-25(20-26)19-24-13-16-37(17-14-24)31(39)28-15-18-41-23(28)2/h6-12,15,18,20-21,24H,13-14,16-17,19H2,1-5H3,(H2,34,35,40). The van der Waals surface area contributed by atoms with Gasteiger partial charge in [0.15, 0.2) is 0 Å². The van der Waals surface area contributed by atoms with E-state index in [0.717, 1.165) is 60.5 Å². The van der Waals surface area contributed by atoms with E-state index in [2.05, 4.69) is 37.5 Å². The van der Waals surface area contributed by atoms with Gasteiger partial charge in [-0.15, -0.1) is 0 Å². The van der Waals surface area contributed by atoms with Crippen LogP contribution in [-0.4, -0.2) is 39.7 Å². The molecule has 0 aliphatic carbocycles. The molecule has 2 N–H and O–H groups in total. The molecule has 5 rings (SSSR count). The molecule has 8 heteroatoms. The average molecular weight is 554 g/mol. The number of furan rings is 1. The molecule has 214 valence electrons. The Labute approximate surface area is 241 Å². The zero-order valence-corrected chi connectivity index (χ0v) is 24.5. The Hall–Kier alpha value is -4.33. The van der Waals surface area contributed by atoms with Gasteiger partial charge in [0.2, 0.25) is 0 Å². The van der Waals surface area contributed by atoms with E-state index in [0.29, 0.717) is 23.1 Å². The van der Waals surface area contributed by atoms with Crippen molar-refractivity contribution < 1.29 is 14.0 Å². The van der Waals surface area contributed by atoms with Gasteiger partial charge in [0.25, 0.3) is 5.91 Å². The van der Waals surface area contributed by atoms with Crippen LogP contribution in [0.3, 0.4) is 0 Å². The molecule has 1 aliphatic heterocycles. The van der Waals surface area contributed by atoms with E-state index in [1.807, 2.05) is 67.3 Å². The van der Waals surface area contributed by atoms with E-state index < -0.39 is 0 Å². The first-order valence-electron chi connectivity index (χ1n) is 14.2. The molecule has 4 aromatic rings. The Bertz CT molecular complexity index is 1520. The maximum Gasteiger partial charge on any atom is 0.324 e. The Morgan fingerprint density at radius 3 is 2.37 bits per heavy atom. The number of hydrogen-bond donors (Lipinski definition) is 2. The summed E-state index contributed by atoms with van der Waals surface area (Å²) in [5.41, 5.74) is 5.32. The van der Waals surface area contributed by atoms with E-state index >= 15 is 0 Å².